The molecule has 0 bridgehead atoms. The van der Waals surface area contributed by atoms with E-state index in [-0.39, 0.29) is 0 Å². The standard InChI is InChI=1S/C20H30N4O2/c1-6-11-25-19-12-14(2)7-8-17(19)13-23-20(21-5)22-10-9-18-15(3)24-26-16(18)4/h7-8,12H,6,9-11,13H2,1-5H3,(H2,21,22,23). The summed E-state index contributed by atoms with van der Waals surface area (Å²) >= 11 is 0. The summed E-state index contributed by atoms with van der Waals surface area (Å²) in [6.07, 6.45) is 1.84. The van der Waals surface area contributed by atoms with Crippen LogP contribution < -0.4 is 15.4 Å². The number of aromatic nitrogens is 1. The maximum absolute atomic E-state index is 5.87. The Hall–Kier alpha value is -2.50. The van der Waals surface area contributed by atoms with Gasteiger partial charge in [0, 0.05) is 31.3 Å². The third kappa shape index (κ3) is 5.51. The highest BCUT2D eigenvalue weighted by Gasteiger charge is 2.09. The Kier molecular flexibility index (Phi) is 7.51. The summed E-state index contributed by atoms with van der Waals surface area (Å²) < 4.78 is 11.1. The number of aryl methyl sites for hydroxylation is 3. The second kappa shape index (κ2) is 9.85. The number of hydrogen-bond acceptors (Lipinski definition) is 4. The Bertz CT molecular complexity index is 718. The molecule has 0 aliphatic rings. The van der Waals surface area contributed by atoms with Gasteiger partial charge in [-0.25, -0.2) is 0 Å². The van der Waals surface area contributed by atoms with E-state index in [1.807, 2.05) is 13.8 Å². The first-order valence-corrected chi connectivity index (χ1v) is 9.13. The molecular weight excluding hydrogens is 328 g/mol. The van der Waals surface area contributed by atoms with Gasteiger partial charge in [0.15, 0.2) is 5.96 Å². The highest BCUT2D eigenvalue weighted by atomic mass is 16.5. The molecule has 0 unspecified atom stereocenters. The molecule has 0 aliphatic carbocycles. The van der Waals surface area contributed by atoms with Crippen LogP contribution in [0.4, 0.5) is 0 Å². The summed E-state index contributed by atoms with van der Waals surface area (Å²) in [6, 6.07) is 6.29. The largest absolute Gasteiger partial charge is 0.493 e. The molecule has 6 nitrogen and oxygen atoms in total. The number of guanidine groups is 1. The lowest BCUT2D eigenvalue weighted by Crippen LogP contribution is -2.38. The Morgan fingerprint density at radius 3 is 2.69 bits per heavy atom. The highest BCUT2D eigenvalue weighted by Crippen LogP contribution is 2.20. The third-order valence-corrected chi connectivity index (χ3v) is 4.20. The Labute approximate surface area is 156 Å². The van der Waals surface area contributed by atoms with E-state index in [4.69, 9.17) is 9.26 Å². The molecule has 0 fully saturated rings. The van der Waals surface area contributed by atoms with Gasteiger partial charge in [-0.05, 0) is 45.2 Å². The number of benzene rings is 1. The van der Waals surface area contributed by atoms with Gasteiger partial charge in [0.1, 0.15) is 11.5 Å². The minimum absolute atomic E-state index is 0.657. The average Bonchev–Trinajstić information content (AvgIpc) is 2.95. The molecule has 0 saturated heterocycles. The van der Waals surface area contributed by atoms with E-state index in [1.165, 1.54) is 5.56 Å². The highest BCUT2D eigenvalue weighted by molar-refractivity contribution is 5.79. The van der Waals surface area contributed by atoms with Crippen LogP contribution in [0.5, 0.6) is 5.75 Å². The van der Waals surface area contributed by atoms with Crippen molar-refractivity contribution in [1.82, 2.24) is 15.8 Å². The minimum Gasteiger partial charge on any atom is -0.493 e. The molecule has 2 rings (SSSR count). The molecule has 2 N–H and O–H groups in total. The summed E-state index contributed by atoms with van der Waals surface area (Å²) in [5.74, 6) is 2.58. The fraction of sp³-hybridized carbons (Fsp3) is 0.500. The van der Waals surface area contributed by atoms with Crippen molar-refractivity contribution in [2.75, 3.05) is 20.2 Å². The van der Waals surface area contributed by atoms with Crippen LogP contribution in [0.25, 0.3) is 0 Å². The molecule has 26 heavy (non-hydrogen) atoms. The van der Waals surface area contributed by atoms with Crippen LogP contribution in [0, 0.1) is 20.8 Å². The zero-order chi connectivity index (χ0) is 18.9. The zero-order valence-corrected chi connectivity index (χ0v) is 16.5. The number of rotatable bonds is 8. The smallest absolute Gasteiger partial charge is 0.191 e. The van der Waals surface area contributed by atoms with Gasteiger partial charge in [-0.2, -0.15) is 0 Å². The maximum Gasteiger partial charge on any atom is 0.191 e. The first kappa shape index (κ1) is 19.8. The summed E-state index contributed by atoms with van der Waals surface area (Å²) in [7, 11) is 1.77. The van der Waals surface area contributed by atoms with Gasteiger partial charge in [0.25, 0.3) is 0 Å². The fourth-order valence-electron chi connectivity index (χ4n) is 2.72. The summed E-state index contributed by atoms with van der Waals surface area (Å²) in [6.45, 7) is 10.2. The molecule has 6 heteroatoms. The van der Waals surface area contributed by atoms with E-state index in [0.717, 1.165) is 60.3 Å². The number of hydrogen-bond donors (Lipinski definition) is 2. The van der Waals surface area contributed by atoms with Gasteiger partial charge in [-0.3, -0.25) is 4.99 Å². The summed E-state index contributed by atoms with van der Waals surface area (Å²) in [5, 5.41) is 10.7. The number of nitrogens with zero attached hydrogens (tertiary/aromatic N) is 2. The van der Waals surface area contributed by atoms with E-state index in [9.17, 15) is 0 Å². The van der Waals surface area contributed by atoms with Crippen molar-refractivity contribution in [3.05, 3.63) is 46.3 Å². The molecule has 0 atom stereocenters. The monoisotopic (exact) mass is 358 g/mol. The van der Waals surface area contributed by atoms with E-state index in [1.54, 1.807) is 7.05 Å². The maximum atomic E-state index is 5.87. The molecular formula is C20H30N4O2. The SMILES string of the molecule is CCCOc1cc(C)ccc1CNC(=NC)NCCc1c(C)noc1C. The predicted molar refractivity (Wildman–Crippen MR) is 105 cm³/mol. The van der Waals surface area contributed by atoms with Crippen molar-refractivity contribution in [2.45, 2.75) is 47.1 Å². The van der Waals surface area contributed by atoms with Crippen molar-refractivity contribution < 1.29 is 9.26 Å². The molecule has 0 saturated carbocycles. The second-order valence-corrected chi connectivity index (χ2v) is 6.36. The molecule has 0 spiro atoms. The molecule has 0 amide bonds. The summed E-state index contributed by atoms with van der Waals surface area (Å²) in [5.41, 5.74) is 4.42. The van der Waals surface area contributed by atoms with Crippen LogP contribution in [0.15, 0.2) is 27.7 Å². The first-order chi connectivity index (χ1) is 12.5. The quantitative estimate of drug-likeness (QED) is 0.560. The van der Waals surface area contributed by atoms with Gasteiger partial charge in [-0.15, -0.1) is 0 Å². The predicted octanol–water partition coefficient (Wildman–Crippen LogP) is 3.30. The number of ether oxygens (including phenoxy) is 1. The summed E-state index contributed by atoms with van der Waals surface area (Å²) in [4.78, 5) is 4.29. The van der Waals surface area contributed by atoms with E-state index < -0.39 is 0 Å². The van der Waals surface area contributed by atoms with E-state index >= 15 is 0 Å². The zero-order valence-electron chi connectivity index (χ0n) is 16.5. The molecule has 2 aromatic rings. The minimum atomic E-state index is 0.657. The lowest BCUT2D eigenvalue weighted by Gasteiger charge is -2.15. The second-order valence-electron chi connectivity index (χ2n) is 6.36. The van der Waals surface area contributed by atoms with Crippen LogP contribution in [0.1, 0.15) is 41.5 Å². The number of aliphatic imine (C=N–C) groups is 1. The Morgan fingerprint density at radius 2 is 2.04 bits per heavy atom. The third-order valence-electron chi connectivity index (χ3n) is 4.20. The van der Waals surface area contributed by atoms with Crippen molar-refractivity contribution in [1.29, 1.82) is 0 Å². The van der Waals surface area contributed by atoms with Gasteiger partial charge >= 0.3 is 0 Å². The van der Waals surface area contributed by atoms with E-state index in [0.29, 0.717) is 6.54 Å². The van der Waals surface area contributed by atoms with Crippen molar-refractivity contribution >= 4 is 5.96 Å². The molecule has 142 valence electrons. The Morgan fingerprint density at radius 1 is 1.23 bits per heavy atom. The molecule has 0 radical (unpaired) electrons. The molecule has 1 aromatic carbocycles. The van der Waals surface area contributed by atoms with E-state index in [2.05, 4.69) is 52.8 Å². The van der Waals surface area contributed by atoms with Crippen LogP contribution in [0.3, 0.4) is 0 Å². The van der Waals surface area contributed by atoms with Crippen LogP contribution in [-0.2, 0) is 13.0 Å². The molecule has 1 aromatic heterocycles. The molecule has 0 aliphatic heterocycles. The van der Waals surface area contributed by atoms with Crippen LogP contribution >= 0.6 is 0 Å². The van der Waals surface area contributed by atoms with Gasteiger partial charge in [0.2, 0.25) is 0 Å². The number of nitrogens with one attached hydrogen (secondary N) is 2. The normalized spacial score (nSPS) is 11.5. The lowest BCUT2D eigenvalue weighted by atomic mass is 10.1. The average molecular weight is 358 g/mol. The first-order valence-electron chi connectivity index (χ1n) is 9.13. The van der Waals surface area contributed by atoms with Gasteiger partial charge in [0.05, 0.1) is 12.3 Å². The Balaban J connectivity index is 1.89. The van der Waals surface area contributed by atoms with Gasteiger partial charge < -0.3 is 19.9 Å². The van der Waals surface area contributed by atoms with Gasteiger partial charge in [-0.1, -0.05) is 24.2 Å². The van der Waals surface area contributed by atoms with Crippen molar-refractivity contribution in [3.8, 4) is 5.75 Å². The van der Waals surface area contributed by atoms with Crippen molar-refractivity contribution in [2.24, 2.45) is 4.99 Å². The molecule has 1 heterocycles. The van der Waals surface area contributed by atoms with Crippen LogP contribution in [0.2, 0.25) is 0 Å². The van der Waals surface area contributed by atoms with Crippen LogP contribution in [-0.4, -0.2) is 31.3 Å². The van der Waals surface area contributed by atoms with Crippen molar-refractivity contribution in [3.63, 3.8) is 0 Å². The topological polar surface area (TPSA) is 71.7 Å². The lowest BCUT2D eigenvalue weighted by molar-refractivity contribution is 0.313. The fourth-order valence-corrected chi connectivity index (χ4v) is 2.72.